The molecule has 5 rings (SSSR count). The third-order valence-electron chi connectivity index (χ3n) is 5.82. The Bertz CT molecular complexity index is 1460. The van der Waals surface area contributed by atoms with Crippen LogP contribution < -0.4 is 25.2 Å². The summed E-state index contributed by atoms with van der Waals surface area (Å²) in [6.45, 7) is 0. The number of phenolic OH excluding ortho intramolecular Hbond substituents is 1. The first-order valence-corrected chi connectivity index (χ1v) is 10.5. The molecule has 0 radical (unpaired) electrons. The number of amides is 1. The smallest absolute Gasteiger partial charge is 0.344 e. The van der Waals surface area contributed by atoms with Crippen LogP contribution in [0.15, 0.2) is 75.9 Å². The van der Waals surface area contributed by atoms with Crippen molar-refractivity contribution in [3.8, 4) is 23.0 Å². The van der Waals surface area contributed by atoms with Gasteiger partial charge in [-0.3, -0.25) is 4.79 Å². The summed E-state index contributed by atoms with van der Waals surface area (Å²) in [4.78, 5) is 26.5. The van der Waals surface area contributed by atoms with Crippen molar-refractivity contribution < 1.29 is 28.5 Å². The number of methoxy groups -OCH3 is 2. The second-order valence-corrected chi connectivity index (χ2v) is 7.80. The van der Waals surface area contributed by atoms with E-state index in [4.69, 9.17) is 18.6 Å². The zero-order chi connectivity index (χ0) is 23.8. The first kappa shape index (κ1) is 21.4. The molecule has 1 aromatic heterocycles. The van der Waals surface area contributed by atoms with Crippen molar-refractivity contribution >= 4 is 22.6 Å². The number of carbonyl (C=O) groups excluding carboxylic acids is 1. The van der Waals surface area contributed by atoms with Gasteiger partial charge in [-0.2, -0.15) is 0 Å². The molecular weight excluding hydrogens is 438 g/mol. The first-order valence-electron chi connectivity index (χ1n) is 10.5. The molecule has 1 aliphatic rings. The number of hydrogen-bond acceptors (Lipinski definition) is 7. The predicted octanol–water partition coefficient (Wildman–Crippen LogP) is 4.05. The van der Waals surface area contributed by atoms with Crippen molar-refractivity contribution in [2.75, 3.05) is 19.5 Å². The topological polar surface area (TPSA) is 107 Å². The number of benzene rings is 3. The SMILES string of the molecule is COc1cccc(NC(=O)C2Oc3c(c(=O)oc4ccccc34)C2c2ccc(OC)c(O)c2)c1. The van der Waals surface area contributed by atoms with Gasteiger partial charge in [-0.15, -0.1) is 0 Å². The molecule has 34 heavy (non-hydrogen) atoms. The van der Waals surface area contributed by atoms with Gasteiger partial charge in [0.05, 0.1) is 31.1 Å². The molecule has 2 N–H and O–H groups in total. The van der Waals surface area contributed by atoms with Crippen LogP contribution in [0.25, 0.3) is 11.0 Å². The van der Waals surface area contributed by atoms with E-state index in [0.29, 0.717) is 28.0 Å². The lowest BCUT2D eigenvalue weighted by molar-refractivity contribution is -0.122. The first-order chi connectivity index (χ1) is 16.5. The monoisotopic (exact) mass is 459 g/mol. The predicted molar refractivity (Wildman–Crippen MR) is 125 cm³/mol. The highest BCUT2D eigenvalue weighted by Crippen LogP contribution is 2.45. The van der Waals surface area contributed by atoms with E-state index in [-0.39, 0.29) is 22.8 Å². The summed E-state index contributed by atoms with van der Waals surface area (Å²) in [5, 5.41) is 13.8. The van der Waals surface area contributed by atoms with Crippen molar-refractivity contribution in [2.24, 2.45) is 0 Å². The van der Waals surface area contributed by atoms with Crippen LogP contribution in [0.4, 0.5) is 5.69 Å². The Kier molecular flexibility index (Phi) is 5.33. The molecule has 2 heterocycles. The van der Waals surface area contributed by atoms with Crippen LogP contribution in [0, 0.1) is 0 Å². The second-order valence-electron chi connectivity index (χ2n) is 7.80. The number of para-hydroxylation sites is 1. The van der Waals surface area contributed by atoms with Gasteiger partial charge in [-0.05, 0) is 42.0 Å². The summed E-state index contributed by atoms with van der Waals surface area (Å²) in [7, 11) is 2.97. The number of anilines is 1. The minimum atomic E-state index is -1.09. The highest BCUT2D eigenvalue weighted by Gasteiger charge is 2.44. The number of fused-ring (bicyclic) bond motifs is 3. The molecule has 1 amide bonds. The fourth-order valence-corrected chi connectivity index (χ4v) is 4.24. The summed E-state index contributed by atoms with van der Waals surface area (Å²) in [5.74, 6) is -0.266. The molecule has 3 aromatic carbocycles. The molecule has 0 bridgehead atoms. The molecular formula is C26H21NO7. The summed E-state index contributed by atoms with van der Waals surface area (Å²) >= 11 is 0. The molecule has 0 aliphatic carbocycles. The maximum Gasteiger partial charge on any atom is 0.344 e. The van der Waals surface area contributed by atoms with Gasteiger partial charge in [-0.1, -0.05) is 24.3 Å². The molecule has 2 atom stereocenters. The number of rotatable bonds is 5. The highest BCUT2D eigenvalue weighted by atomic mass is 16.5. The van der Waals surface area contributed by atoms with Crippen LogP contribution in [-0.2, 0) is 4.79 Å². The standard InChI is InChI=1S/C26H21NO7/c1-31-16-7-5-6-15(13-16)27-25(29)24-21(14-10-11-20(32-2)18(28)12-14)22-23(34-24)17-8-3-4-9-19(17)33-26(22)30/h3-13,21,24,28H,1-2H3,(H,27,29). The van der Waals surface area contributed by atoms with Crippen LogP contribution in [0.1, 0.15) is 17.0 Å². The number of hydrogen-bond donors (Lipinski definition) is 2. The third kappa shape index (κ3) is 3.59. The van der Waals surface area contributed by atoms with Crippen molar-refractivity contribution in [1.29, 1.82) is 0 Å². The molecule has 0 fully saturated rings. The van der Waals surface area contributed by atoms with Gasteiger partial charge in [-0.25, -0.2) is 4.79 Å². The second kappa shape index (κ2) is 8.47. The maximum atomic E-state index is 13.4. The molecule has 0 saturated heterocycles. The molecule has 8 nitrogen and oxygen atoms in total. The van der Waals surface area contributed by atoms with Crippen molar-refractivity contribution in [3.05, 3.63) is 88.3 Å². The van der Waals surface area contributed by atoms with Crippen molar-refractivity contribution in [1.82, 2.24) is 0 Å². The van der Waals surface area contributed by atoms with Crippen molar-refractivity contribution in [2.45, 2.75) is 12.0 Å². The number of aromatic hydroxyl groups is 1. The Morgan fingerprint density at radius 2 is 1.82 bits per heavy atom. The number of phenols is 1. The lowest BCUT2D eigenvalue weighted by Gasteiger charge is -2.19. The number of carbonyl (C=O) groups is 1. The largest absolute Gasteiger partial charge is 0.504 e. The molecule has 8 heteroatoms. The van der Waals surface area contributed by atoms with E-state index < -0.39 is 23.6 Å². The average molecular weight is 459 g/mol. The molecule has 0 saturated carbocycles. The van der Waals surface area contributed by atoms with Gasteiger partial charge in [0.2, 0.25) is 0 Å². The molecule has 172 valence electrons. The fraction of sp³-hybridized carbons (Fsp3) is 0.154. The van der Waals surface area contributed by atoms with E-state index in [0.717, 1.165) is 0 Å². The minimum Gasteiger partial charge on any atom is -0.504 e. The van der Waals surface area contributed by atoms with Crippen LogP contribution in [-0.4, -0.2) is 31.3 Å². The third-order valence-corrected chi connectivity index (χ3v) is 5.82. The number of ether oxygens (including phenoxy) is 3. The quantitative estimate of drug-likeness (QED) is 0.434. The average Bonchev–Trinajstić information content (AvgIpc) is 3.26. The fourth-order valence-electron chi connectivity index (χ4n) is 4.24. The van der Waals surface area contributed by atoms with Gasteiger partial charge >= 0.3 is 5.63 Å². The maximum absolute atomic E-state index is 13.4. The van der Waals surface area contributed by atoms with E-state index in [9.17, 15) is 14.7 Å². The van der Waals surface area contributed by atoms with E-state index in [1.807, 2.05) is 0 Å². The zero-order valence-electron chi connectivity index (χ0n) is 18.4. The van der Waals surface area contributed by atoms with Gasteiger partial charge in [0.25, 0.3) is 5.91 Å². The van der Waals surface area contributed by atoms with Crippen LogP contribution in [0.5, 0.6) is 23.0 Å². The number of nitrogens with one attached hydrogen (secondary N) is 1. The zero-order valence-corrected chi connectivity index (χ0v) is 18.4. The minimum absolute atomic E-state index is 0.120. The molecule has 2 unspecified atom stereocenters. The Labute approximate surface area is 194 Å². The van der Waals surface area contributed by atoms with Gasteiger partial charge in [0, 0.05) is 11.8 Å². The molecule has 1 aliphatic heterocycles. The Balaban J connectivity index is 1.63. The lowest BCUT2D eigenvalue weighted by atomic mass is 9.88. The summed E-state index contributed by atoms with van der Waals surface area (Å²) in [5.41, 5.74) is 0.985. The molecule has 0 spiro atoms. The summed E-state index contributed by atoms with van der Waals surface area (Å²) in [6.07, 6.45) is -1.09. The molecule has 4 aromatic rings. The normalized spacial score (nSPS) is 16.5. The Hall–Kier alpha value is -4.46. The van der Waals surface area contributed by atoms with Crippen LogP contribution in [0.2, 0.25) is 0 Å². The van der Waals surface area contributed by atoms with E-state index in [1.54, 1.807) is 60.7 Å². The summed E-state index contributed by atoms with van der Waals surface area (Å²) in [6, 6.07) is 18.6. The van der Waals surface area contributed by atoms with Gasteiger partial charge in [0.15, 0.2) is 17.6 Å². The van der Waals surface area contributed by atoms with Gasteiger partial charge in [0.1, 0.15) is 17.1 Å². The van der Waals surface area contributed by atoms with Crippen LogP contribution >= 0.6 is 0 Å². The Morgan fingerprint density at radius 3 is 2.59 bits per heavy atom. The van der Waals surface area contributed by atoms with E-state index in [1.165, 1.54) is 20.3 Å². The van der Waals surface area contributed by atoms with E-state index >= 15 is 0 Å². The van der Waals surface area contributed by atoms with Crippen LogP contribution in [0.3, 0.4) is 0 Å². The lowest BCUT2D eigenvalue weighted by Crippen LogP contribution is -2.35. The van der Waals surface area contributed by atoms with E-state index in [2.05, 4.69) is 5.32 Å². The highest BCUT2D eigenvalue weighted by molar-refractivity contribution is 5.97. The van der Waals surface area contributed by atoms with Crippen molar-refractivity contribution in [3.63, 3.8) is 0 Å². The van der Waals surface area contributed by atoms with Gasteiger partial charge < -0.3 is 29.1 Å². The Morgan fingerprint density at radius 1 is 1.00 bits per heavy atom. The summed E-state index contributed by atoms with van der Waals surface area (Å²) < 4.78 is 22.0.